The van der Waals surface area contributed by atoms with Crippen LogP contribution >= 0.6 is 0 Å². The number of amides is 1. The number of likely N-dealkylation sites (tertiary alicyclic amines) is 1. The summed E-state index contributed by atoms with van der Waals surface area (Å²) < 4.78 is 49.0. The van der Waals surface area contributed by atoms with Crippen LogP contribution in [0.25, 0.3) is 0 Å². The van der Waals surface area contributed by atoms with E-state index in [0.29, 0.717) is 13.1 Å². The lowest BCUT2D eigenvalue weighted by Gasteiger charge is -2.29. The fourth-order valence-electron chi connectivity index (χ4n) is 3.28. The Balaban J connectivity index is 1.64. The average Bonchev–Trinajstić information content (AvgIpc) is 3.23. The van der Waals surface area contributed by atoms with E-state index in [0.717, 1.165) is 19.2 Å². The van der Waals surface area contributed by atoms with Gasteiger partial charge in [0, 0.05) is 45.1 Å². The number of nitrogens with one attached hydrogen (secondary N) is 1. The van der Waals surface area contributed by atoms with Crippen molar-refractivity contribution in [2.45, 2.75) is 36.6 Å². The summed E-state index contributed by atoms with van der Waals surface area (Å²) in [5.41, 5.74) is -1.53. The van der Waals surface area contributed by atoms with Crippen molar-refractivity contribution in [1.82, 2.24) is 15.4 Å². The number of halogens is 3. The number of carbonyl (C=O) groups is 1. The third-order valence-electron chi connectivity index (χ3n) is 4.75. The second-order valence-electron chi connectivity index (χ2n) is 6.03. The van der Waals surface area contributed by atoms with Crippen molar-refractivity contribution < 1.29 is 27.2 Å². The van der Waals surface area contributed by atoms with E-state index >= 15 is 0 Å². The summed E-state index contributed by atoms with van der Waals surface area (Å²) in [6, 6.07) is 0.860. The Hall–Kier alpha value is -1.61. The van der Waals surface area contributed by atoms with Gasteiger partial charge in [0.05, 0.1) is 11.7 Å². The second-order valence-corrected chi connectivity index (χ2v) is 6.03. The van der Waals surface area contributed by atoms with Gasteiger partial charge in [-0.05, 0) is 6.42 Å². The number of methoxy groups -OCH3 is 1. The number of hydrogen-bond acceptors (Lipinski definition) is 5. The lowest BCUT2D eigenvalue weighted by Crippen LogP contribution is -2.48. The standard InChI is InChI=1S/C14H18F3N3O3/c1-22-13(14(15,16)17)6-11(18-8-13)12(21)20-4-2-9(7-20)10-3-5-23-19-10/h3,5,9,11,18H,2,4,6-8H2,1H3/t9?,11-,13-/m0/s1. The third-order valence-corrected chi connectivity index (χ3v) is 4.75. The molecule has 1 aromatic heterocycles. The van der Waals surface area contributed by atoms with Crippen LogP contribution in [0.3, 0.4) is 0 Å². The topological polar surface area (TPSA) is 67.6 Å². The number of ether oxygens (including phenoxy) is 1. The average molecular weight is 333 g/mol. The van der Waals surface area contributed by atoms with Gasteiger partial charge in [-0.25, -0.2) is 0 Å². The zero-order valence-corrected chi connectivity index (χ0v) is 12.6. The largest absolute Gasteiger partial charge is 0.418 e. The first-order valence-corrected chi connectivity index (χ1v) is 7.40. The van der Waals surface area contributed by atoms with Crippen LogP contribution in [0.15, 0.2) is 16.9 Å². The first kappa shape index (κ1) is 16.3. The van der Waals surface area contributed by atoms with Gasteiger partial charge >= 0.3 is 6.18 Å². The number of alkyl halides is 3. The molecule has 128 valence electrons. The summed E-state index contributed by atoms with van der Waals surface area (Å²) in [5.74, 6) is -0.256. The van der Waals surface area contributed by atoms with E-state index in [1.165, 1.54) is 6.26 Å². The maximum atomic E-state index is 13.2. The molecule has 23 heavy (non-hydrogen) atoms. The van der Waals surface area contributed by atoms with E-state index in [-0.39, 0.29) is 11.8 Å². The number of aromatic nitrogens is 1. The van der Waals surface area contributed by atoms with E-state index in [1.54, 1.807) is 11.0 Å². The van der Waals surface area contributed by atoms with Crippen molar-refractivity contribution in [2.75, 3.05) is 26.7 Å². The Labute approximate surface area is 130 Å². The first-order chi connectivity index (χ1) is 10.9. The van der Waals surface area contributed by atoms with Gasteiger partial charge in [0.15, 0.2) is 5.60 Å². The van der Waals surface area contributed by atoms with Crippen LogP contribution in [0.5, 0.6) is 0 Å². The molecule has 1 unspecified atom stereocenters. The van der Waals surface area contributed by atoms with Gasteiger partial charge in [0.1, 0.15) is 6.26 Å². The zero-order chi connectivity index (χ0) is 16.7. The van der Waals surface area contributed by atoms with Gasteiger partial charge in [-0.1, -0.05) is 5.16 Å². The van der Waals surface area contributed by atoms with E-state index < -0.39 is 30.8 Å². The fraction of sp³-hybridized carbons (Fsp3) is 0.714. The van der Waals surface area contributed by atoms with Crippen molar-refractivity contribution >= 4 is 5.91 Å². The molecule has 0 spiro atoms. The van der Waals surface area contributed by atoms with Gasteiger partial charge in [-0.3, -0.25) is 4.79 Å². The van der Waals surface area contributed by atoms with Gasteiger partial charge in [0.25, 0.3) is 0 Å². The highest BCUT2D eigenvalue weighted by Gasteiger charge is 2.60. The number of rotatable bonds is 3. The molecule has 0 aromatic carbocycles. The highest BCUT2D eigenvalue weighted by molar-refractivity contribution is 5.83. The Morgan fingerprint density at radius 2 is 2.35 bits per heavy atom. The summed E-state index contributed by atoms with van der Waals surface area (Å²) in [6.07, 6.45) is -2.73. The van der Waals surface area contributed by atoms with E-state index in [2.05, 4.69) is 10.5 Å². The Kier molecular flexibility index (Phi) is 4.09. The van der Waals surface area contributed by atoms with E-state index in [4.69, 9.17) is 9.26 Å². The molecular weight excluding hydrogens is 315 g/mol. The van der Waals surface area contributed by atoms with Gasteiger partial charge in [-0.2, -0.15) is 13.2 Å². The van der Waals surface area contributed by atoms with E-state index in [9.17, 15) is 18.0 Å². The summed E-state index contributed by atoms with van der Waals surface area (Å²) in [5, 5.41) is 6.52. The van der Waals surface area contributed by atoms with Crippen LogP contribution in [0.2, 0.25) is 0 Å². The highest BCUT2D eigenvalue weighted by Crippen LogP contribution is 2.40. The zero-order valence-electron chi connectivity index (χ0n) is 12.6. The summed E-state index contributed by atoms with van der Waals surface area (Å²) in [6.45, 7) is 0.528. The molecule has 3 heterocycles. The molecule has 1 N–H and O–H groups in total. The molecule has 0 saturated carbocycles. The Bertz CT molecular complexity index is 563. The molecule has 3 atom stereocenters. The van der Waals surface area contributed by atoms with Crippen LogP contribution in [0.4, 0.5) is 13.2 Å². The highest BCUT2D eigenvalue weighted by atomic mass is 19.4. The summed E-state index contributed by atoms with van der Waals surface area (Å²) in [4.78, 5) is 14.1. The monoisotopic (exact) mass is 333 g/mol. The number of hydrogen-bond donors (Lipinski definition) is 1. The van der Waals surface area contributed by atoms with Gasteiger partial charge in [0.2, 0.25) is 5.91 Å². The summed E-state index contributed by atoms with van der Waals surface area (Å²) >= 11 is 0. The van der Waals surface area contributed by atoms with Crippen LogP contribution < -0.4 is 5.32 Å². The van der Waals surface area contributed by atoms with Crippen LogP contribution in [-0.4, -0.2) is 60.5 Å². The fourth-order valence-corrected chi connectivity index (χ4v) is 3.28. The summed E-state index contributed by atoms with van der Waals surface area (Å²) in [7, 11) is 1.03. The van der Waals surface area contributed by atoms with Crippen LogP contribution in [0.1, 0.15) is 24.5 Å². The molecule has 0 bridgehead atoms. The molecule has 6 nitrogen and oxygen atoms in total. The van der Waals surface area contributed by atoms with Crippen LogP contribution in [-0.2, 0) is 9.53 Å². The normalized spacial score (nSPS) is 31.7. The van der Waals surface area contributed by atoms with Crippen LogP contribution in [0, 0.1) is 0 Å². The van der Waals surface area contributed by atoms with E-state index in [1.807, 2.05) is 0 Å². The molecule has 1 amide bonds. The predicted octanol–water partition coefficient (Wildman–Crippen LogP) is 1.30. The maximum Gasteiger partial charge on any atom is 0.418 e. The lowest BCUT2D eigenvalue weighted by atomic mass is 9.98. The maximum absolute atomic E-state index is 13.2. The lowest BCUT2D eigenvalue weighted by molar-refractivity contribution is -0.262. The number of nitrogens with zero attached hydrogens (tertiary/aromatic N) is 2. The smallest absolute Gasteiger partial charge is 0.367 e. The molecule has 2 saturated heterocycles. The minimum atomic E-state index is -4.52. The quantitative estimate of drug-likeness (QED) is 0.903. The number of carbonyl (C=O) groups excluding carboxylic acids is 1. The third kappa shape index (κ3) is 2.83. The molecular formula is C14H18F3N3O3. The van der Waals surface area contributed by atoms with Crippen molar-refractivity contribution in [2.24, 2.45) is 0 Å². The van der Waals surface area contributed by atoms with Gasteiger partial charge < -0.3 is 19.5 Å². The molecule has 2 aliphatic heterocycles. The molecule has 0 radical (unpaired) electrons. The molecule has 3 rings (SSSR count). The minimum absolute atomic E-state index is 0.0638. The molecule has 2 aliphatic rings. The molecule has 0 aliphatic carbocycles. The SMILES string of the molecule is CO[C@]1(C(F)(F)F)CN[C@H](C(=O)N2CCC(c3ccon3)C2)C1. The molecule has 1 aromatic rings. The van der Waals surface area contributed by atoms with Crippen molar-refractivity contribution in [3.63, 3.8) is 0 Å². The Morgan fingerprint density at radius 1 is 1.57 bits per heavy atom. The minimum Gasteiger partial charge on any atom is -0.367 e. The second kappa shape index (κ2) is 5.79. The van der Waals surface area contributed by atoms with Crippen molar-refractivity contribution in [3.8, 4) is 0 Å². The predicted molar refractivity (Wildman–Crippen MR) is 72.6 cm³/mol. The van der Waals surface area contributed by atoms with Crippen molar-refractivity contribution in [1.29, 1.82) is 0 Å². The van der Waals surface area contributed by atoms with Gasteiger partial charge in [-0.15, -0.1) is 0 Å². The Morgan fingerprint density at radius 3 is 2.91 bits per heavy atom. The molecule has 9 heteroatoms. The van der Waals surface area contributed by atoms with Crippen molar-refractivity contribution in [3.05, 3.63) is 18.0 Å². The first-order valence-electron chi connectivity index (χ1n) is 7.40. The molecule has 2 fully saturated rings.